The molecule has 0 spiro atoms. The van der Waals surface area contributed by atoms with Crippen LogP contribution < -0.4 is 0 Å². The Hall–Kier alpha value is -0.400. The fraction of sp³-hybridized carbons (Fsp3) is 1.00. The van der Waals surface area contributed by atoms with Gasteiger partial charge in [-0.1, -0.05) is 34.6 Å². The van der Waals surface area contributed by atoms with Crippen molar-refractivity contribution in [2.45, 2.75) is 147 Å². The van der Waals surface area contributed by atoms with Gasteiger partial charge in [-0.3, -0.25) is 0 Å². The Bertz CT molecular complexity index is 966. The van der Waals surface area contributed by atoms with Crippen molar-refractivity contribution in [1.82, 2.24) is 0 Å². The van der Waals surface area contributed by atoms with Gasteiger partial charge in [0.25, 0.3) is 0 Å². The van der Waals surface area contributed by atoms with E-state index in [-0.39, 0.29) is 54.1 Å². The first-order valence-corrected chi connectivity index (χ1v) is 16.7. The number of ether oxygens (including phenoxy) is 3. The van der Waals surface area contributed by atoms with Gasteiger partial charge in [0, 0.05) is 25.4 Å². The van der Waals surface area contributed by atoms with Gasteiger partial charge in [-0.25, -0.2) is 0 Å². The number of hydrogen-bond donors (Lipinski definition) is 7. The first-order chi connectivity index (χ1) is 20.1. The molecule has 1 aliphatic heterocycles. The van der Waals surface area contributed by atoms with Crippen LogP contribution in [0.2, 0.25) is 0 Å². The standard InChI is InChI=1S/C33H58O10/c1-16(2)19(34)8-7-17(3)18-13-20(35)29-31(18,4)12-10-24-32(5)11-9-23(27(39)25(32)21(36)14-33(24,29)40)43-30-28(41-6)26(38)22(37)15-42-30/h16-30,34-40H,7-15H2,1-6H3. The Morgan fingerprint density at radius 3 is 2.21 bits per heavy atom. The molecule has 4 aliphatic carbocycles. The minimum Gasteiger partial charge on any atom is -0.393 e. The Morgan fingerprint density at radius 2 is 1.56 bits per heavy atom. The van der Waals surface area contributed by atoms with Gasteiger partial charge in [-0.05, 0) is 79.4 Å². The average molecular weight is 615 g/mol. The Kier molecular flexibility index (Phi) is 9.73. The fourth-order valence-corrected chi connectivity index (χ4v) is 10.9. The highest BCUT2D eigenvalue weighted by molar-refractivity contribution is 5.21. The summed E-state index contributed by atoms with van der Waals surface area (Å²) in [4.78, 5) is 0. The third-order valence-electron chi connectivity index (χ3n) is 13.2. The van der Waals surface area contributed by atoms with Gasteiger partial charge in [-0.2, -0.15) is 0 Å². The molecule has 0 radical (unpaired) electrons. The summed E-state index contributed by atoms with van der Waals surface area (Å²) in [5.41, 5.74) is -2.15. The van der Waals surface area contributed by atoms with Crippen LogP contribution in [-0.2, 0) is 14.2 Å². The molecular formula is C33H58O10. The predicted molar refractivity (Wildman–Crippen MR) is 158 cm³/mol. The van der Waals surface area contributed by atoms with E-state index in [1.807, 2.05) is 13.8 Å². The van der Waals surface area contributed by atoms with Crippen molar-refractivity contribution in [2.75, 3.05) is 13.7 Å². The van der Waals surface area contributed by atoms with E-state index < -0.39 is 66.0 Å². The third kappa shape index (κ3) is 5.53. The number of fused-ring (bicyclic) bond motifs is 5. The molecule has 17 unspecified atom stereocenters. The normalized spacial score (nSPS) is 53.2. The van der Waals surface area contributed by atoms with Crippen LogP contribution in [0.15, 0.2) is 0 Å². The van der Waals surface area contributed by atoms with Crippen molar-refractivity contribution in [3.05, 3.63) is 0 Å². The molecule has 43 heavy (non-hydrogen) atoms. The van der Waals surface area contributed by atoms with Gasteiger partial charge < -0.3 is 50.0 Å². The number of methoxy groups -OCH3 is 1. The summed E-state index contributed by atoms with van der Waals surface area (Å²) < 4.78 is 17.2. The monoisotopic (exact) mass is 614 g/mol. The van der Waals surface area contributed by atoms with Gasteiger partial charge in [0.05, 0.1) is 42.7 Å². The lowest BCUT2D eigenvalue weighted by molar-refractivity contribution is -0.320. The zero-order chi connectivity index (χ0) is 31.6. The Labute approximate surface area is 256 Å². The van der Waals surface area contributed by atoms with Crippen molar-refractivity contribution in [3.8, 4) is 0 Å². The minimum absolute atomic E-state index is 0.0811. The maximum Gasteiger partial charge on any atom is 0.186 e. The molecule has 5 rings (SSSR count). The molecule has 5 fully saturated rings. The van der Waals surface area contributed by atoms with Crippen LogP contribution in [-0.4, -0.2) is 110 Å². The summed E-state index contributed by atoms with van der Waals surface area (Å²) in [5.74, 6) is -0.458. The van der Waals surface area contributed by atoms with E-state index in [0.29, 0.717) is 19.3 Å². The summed E-state index contributed by atoms with van der Waals surface area (Å²) in [6, 6.07) is 0. The molecule has 0 bridgehead atoms. The molecule has 0 aromatic heterocycles. The third-order valence-corrected chi connectivity index (χ3v) is 13.2. The molecule has 0 aromatic rings. The highest BCUT2D eigenvalue weighted by Crippen LogP contribution is 2.70. The van der Waals surface area contributed by atoms with Crippen LogP contribution in [0.4, 0.5) is 0 Å². The zero-order valence-electron chi connectivity index (χ0n) is 26.9. The van der Waals surface area contributed by atoms with E-state index in [2.05, 4.69) is 20.8 Å². The summed E-state index contributed by atoms with van der Waals surface area (Å²) in [6.45, 7) is 10.4. The van der Waals surface area contributed by atoms with Crippen LogP contribution in [0.3, 0.4) is 0 Å². The van der Waals surface area contributed by atoms with E-state index in [1.165, 1.54) is 7.11 Å². The fourth-order valence-electron chi connectivity index (χ4n) is 10.9. The molecule has 1 saturated heterocycles. The zero-order valence-corrected chi connectivity index (χ0v) is 26.9. The lowest BCUT2D eigenvalue weighted by Crippen LogP contribution is -2.71. The number of rotatable bonds is 8. The van der Waals surface area contributed by atoms with Gasteiger partial charge in [0.1, 0.15) is 18.3 Å². The van der Waals surface area contributed by atoms with Gasteiger partial charge >= 0.3 is 0 Å². The minimum atomic E-state index is -1.27. The van der Waals surface area contributed by atoms with Crippen LogP contribution in [0.1, 0.15) is 86.0 Å². The lowest BCUT2D eigenvalue weighted by atomic mass is 9.41. The molecule has 1 heterocycles. The topological polar surface area (TPSA) is 169 Å². The Morgan fingerprint density at radius 1 is 0.884 bits per heavy atom. The second-order valence-electron chi connectivity index (χ2n) is 15.8. The first kappa shape index (κ1) is 33.9. The van der Waals surface area contributed by atoms with Gasteiger partial charge in [0.15, 0.2) is 6.29 Å². The molecule has 0 amide bonds. The van der Waals surface area contributed by atoms with Crippen molar-refractivity contribution in [1.29, 1.82) is 0 Å². The van der Waals surface area contributed by atoms with Crippen molar-refractivity contribution in [2.24, 2.45) is 46.3 Å². The lowest BCUT2D eigenvalue weighted by Gasteiger charge is -2.66. The number of aliphatic hydroxyl groups is 7. The summed E-state index contributed by atoms with van der Waals surface area (Å²) in [7, 11) is 1.40. The molecule has 0 aromatic carbocycles. The van der Waals surface area contributed by atoms with Crippen LogP contribution in [0.5, 0.6) is 0 Å². The second kappa shape index (κ2) is 12.3. The van der Waals surface area contributed by atoms with Crippen LogP contribution >= 0.6 is 0 Å². The molecule has 7 N–H and O–H groups in total. The van der Waals surface area contributed by atoms with Crippen LogP contribution in [0, 0.1) is 46.3 Å². The molecule has 10 nitrogen and oxygen atoms in total. The van der Waals surface area contributed by atoms with Crippen LogP contribution in [0.25, 0.3) is 0 Å². The number of aliphatic hydroxyl groups excluding tert-OH is 6. The maximum atomic E-state index is 12.6. The van der Waals surface area contributed by atoms with E-state index in [9.17, 15) is 35.7 Å². The SMILES string of the molecule is COC1C(OC2CCC3(C)C(C(O)CC4(O)C3CCC3(C)C(C(C)CCC(O)C(C)C)CC(O)C34)C2O)OCC(O)C1O. The Balaban J connectivity index is 1.34. The quantitative estimate of drug-likeness (QED) is 0.199. The van der Waals surface area contributed by atoms with Crippen molar-refractivity contribution >= 4 is 0 Å². The first-order valence-electron chi connectivity index (χ1n) is 16.7. The summed E-state index contributed by atoms with van der Waals surface area (Å²) >= 11 is 0. The molecule has 10 heteroatoms. The molecule has 250 valence electrons. The smallest absolute Gasteiger partial charge is 0.186 e. The second-order valence-corrected chi connectivity index (χ2v) is 15.8. The van der Waals surface area contributed by atoms with Gasteiger partial charge in [0.2, 0.25) is 0 Å². The van der Waals surface area contributed by atoms with E-state index >= 15 is 0 Å². The molecule has 4 saturated carbocycles. The van der Waals surface area contributed by atoms with E-state index in [1.54, 1.807) is 0 Å². The van der Waals surface area contributed by atoms with Crippen molar-refractivity contribution < 1.29 is 50.0 Å². The molecule has 17 atom stereocenters. The highest BCUT2D eigenvalue weighted by Gasteiger charge is 2.72. The van der Waals surface area contributed by atoms with E-state index in [0.717, 1.165) is 25.7 Å². The number of hydrogen-bond acceptors (Lipinski definition) is 10. The maximum absolute atomic E-state index is 12.6. The average Bonchev–Trinajstić information content (AvgIpc) is 3.21. The molecular weight excluding hydrogens is 556 g/mol. The highest BCUT2D eigenvalue weighted by atomic mass is 16.7. The summed E-state index contributed by atoms with van der Waals surface area (Å²) in [5, 5.41) is 78.4. The summed E-state index contributed by atoms with van der Waals surface area (Å²) in [6.07, 6.45) is -3.02. The van der Waals surface area contributed by atoms with E-state index in [4.69, 9.17) is 14.2 Å². The predicted octanol–water partition coefficient (Wildman–Crippen LogP) is 1.58. The largest absolute Gasteiger partial charge is 0.393 e. The van der Waals surface area contributed by atoms with Crippen molar-refractivity contribution in [3.63, 3.8) is 0 Å². The van der Waals surface area contributed by atoms with Gasteiger partial charge in [-0.15, -0.1) is 0 Å². The molecule has 5 aliphatic rings.